The van der Waals surface area contributed by atoms with Crippen molar-refractivity contribution in [1.82, 2.24) is 9.55 Å². The fraction of sp³-hybridized carbons (Fsp3) is 0.600. The second-order valence-corrected chi connectivity index (χ2v) is 3.36. The number of carbonyl (C=O) groups excluding carboxylic acids is 1. The van der Waals surface area contributed by atoms with E-state index in [1.54, 1.807) is 24.0 Å². The van der Waals surface area contributed by atoms with Crippen LogP contribution < -0.4 is 0 Å². The molecule has 1 heterocycles. The number of aromatic nitrogens is 2. The average molecular weight is 212 g/mol. The van der Waals surface area contributed by atoms with Gasteiger partial charge in [0.1, 0.15) is 6.10 Å². The molecule has 15 heavy (non-hydrogen) atoms. The standard InChI is InChI=1S/C10H16N2O3/c1-4-12-6-11-5-8(12)9(13)7(2)10(14)15-3/h5-7,9,13H,4H2,1-3H3. The van der Waals surface area contributed by atoms with E-state index in [2.05, 4.69) is 9.72 Å². The summed E-state index contributed by atoms with van der Waals surface area (Å²) in [7, 11) is 1.31. The van der Waals surface area contributed by atoms with Gasteiger partial charge in [-0.15, -0.1) is 0 Å². The molecule has 5 heteroatoms. The zero-order chi connectivity index (χ0) is 11.4. The zero-order valence-corrected chi connectivity index (χ0v) is 9.17. The summed E-state index contributed by atoms with van der Waals surface area (Å²) in [5.74, 6) is -1.01. The molecule has 2 unspecified atom stereocenters. The molecule has 0 aliphatic heterocycles. The predicted molar refractivity (Wildman–Crippen MR) is 54.0 cm³/mol. The van der Waals surface area contributed by atoms with E-state index in [4.69, 9.17) is 0 Å². The molecule has 0 saturated carbocycles. The SMILES string of the molecule is CCn1cncc1C(O)C(C)C(=O)OC. The normalized spacial score (nSPS) is 14.7. The molecule has 0 aliphatic carbocycles. The second-order valence-electron chi connectivity index (χ2n) is 3.36. The van der Waals surface area contributed by atoms with Gasteiger partial charge in [-0.25, -0.2) is 4.98 Å². The summed E-state index contributed by atoms with van der Waals surface area (Å²) < 4.78 is 6.37. The molecule has 0 fully saturated rings. The van der Waals surface area contributed by atoms with Crippen molar-refractivity contribution in [2.75, 3.05) is 7.11 Å². The van der Waals surface area contributed by atoms with Crippen LogP contribution in [-0.2, 0) is 16.1 Å². The van der Waals surface area contributed by atoms with Gasteiger partial charge in [0, 0.05) is 6.54 Å². The number of hydrogen-bond donors (Lipinski definition) is 1. The van der Waals surface area contributed by atoms with Gasteiger partial charge in [-0.05, 0) is 13.8 Å². The van der Waals surface area contributed by atoms with Crippen molar-refractivity contribution in [3.8, 4) is 0 Å². The molecule has 2 atom stereocenters. The first kappa shape index (κ1) is 11.7. The first-order valence-electron chi connectivity index (χ1n) is 4.87. The summed E-state index contributed by atoms with van der Waals surface area (Å²) in [5, 5.41) is 9.93. The number of carbonyl (C=O) groups is 1. The average Bonchev–Trinajstić information content (AvgIpc) is 2.73. The van der Waals surface area contributed by atoms with Gasteiger partial charge >= 0.3 is 5.97 Å². The van der Waals surface area contributed by atoms with E-state index in [0.717, 1.165) is 0 Å². The lowest BCUT2D eigenvalue weighted by Gasteiger charge is -2.17. The maximum absolute atomic E-state index is 11.2. The number of aliphatic hydroxyl groups is 1. The number of hydrogen-bond acceptors (Lipinski definition) is 4. The third-order valence-corrected chi connectivity index (χ3v) is 2.43. The number of imidazole rings is 1. The predicted octanol–water partition coefficient (Wildman–Crippen LogP) is 0.745. The molecule has 1 rings (SSSR count). The van der Waals surface area contributed by atoms with Crippen LogP contribution in [0.25, 0.3) is 0 Å². The molecule has 0 radical (unpaired) electrons. The Morgan fingerprint density at radius 3 is 2.93 bits per heavy atom. The molecule has 0 saturated heterocycles. The number of methoxy groups -OCH3 is 1. The van der Waals surface area contributed by atoms with Crippen LogP contribution >= 0.6 is 0 Å². The molecule has 1 aromatic heterocycles. The summed E-state index contributed by atoms with van der Waals surface area (Å²) in [6.07, 6.45) is 2.32. The van der Waals surface area contributed by atoms with Crippen LogP contribution in [0, 0.1) is 5.92 Å². The maximum atomic E-state index is 11.2. The summed E-state index contributed by atoms with van der Waals surface area (Å²) in [5.41, 5.74) is 0.635. The second kappa shape index (κ2) is 4.93. The molecule has 84 valence electrons. The molecule has 1 N–H and O–H groups in total. The first-order chi connectivity index (χ1) is 7.11. The van der Waals surface area contributed by atoms with E-state index in [9.17, 15) is 9.90 Å². The first-order valence-corrected chi connectivity index (χ1v) is 4.87. The van der Waals surface area contributed by atoms with Crippen LogP contribution in [-0.4, -0.2) is 27.7 Å². The Morgan fingerprint density at radius 1 is 1.73 bits per heavy atom. The van der Waals surface area contributed by atoms with Crippen LogP contribution in [0.1, 0.15) is 25.6 Å². The van der Waals surface area contributed by atoms with E-state index < -0.39 is 18.0 Å². The molecular weight excluding hydrogens is 196 g/mol. The molecule has 5 nitrogen and oxygen atoms in total. The Hall–Kier alpha value is -1.36. The van der Waals surface area contributed by atoms with Crippen LogP contribution in [0.4, 0.5) is 0 Å². The highest BCUT2D eigenvalue weighted by atomic mass is 16.5. The highest BCUT2D eigenvalue weighted by Gasteiger charge is 2.26. The van der Waals surface area contributed by atoms with E-state index >= 15 is 0 Å². The van der Waals surface area contributed by atoms with Crippen molar-refractivity contribution < 1.29 is 14.6 Å². The van der Waals surface area contributed by atoms with E-state index in [1.807, 2.05) is 6.92 Å². The quantitative estimate of drug-likeness (QED) is 0.748. The fourth-order valence-electron chi connectivity index (χ4n) is 1.41. The molecule has 0 aliphatic rings. The smallest absolute Gasteiger partial charge is 0.311 e. The van der Waals surface area contributed by atoms with Gasteiger partial charge in [-0.3, -0.25) is 4.79 Å². The van der Waals surface area contributed by atoms with Gasteiger partial charge in [0.05, 0.1) is 31.2 Å². The number of esters is 1. The lowest BCUT2D eigenvalue weighted by atomic mass is 10.0. The summed E-state index contributed by atoms with van der Waals surface area (Å²) in [6, 6.07) is 0. The Kier molecular flexibility index (Phi) is 3.85. The lowest BCUT2D eigenvalue weighted by molar-refractivity contribution is -0.148. The molecule has 1 aromatic rings. The van der Waals surface area contributed by atoms with Gasteiger partial charge in [-0.1, -0.05) is 0 Å². The van der Waals surface area contributed by atoms with Gasteiger partial charge in [0.15, 0.2) is 0 Å². The van der Waals surface area contributed by atoms with Crippen molar-refractivity contribution in [3.63, 3.8) is 0 Å². The van der Waals surface area contributed by atoms with Crippen molar-refractivity contribution in [1.29, 1.82) is 0 Å². The van der Waals surface area contributed by atoms with Crippen molar-refractivity contribution in [3.05, 3.63) is 18.2 Å². The van der Waals surface area contributed by atoms with Gasteiger partial charge in [-0.2, -0.15) is 0 Å². The van der Waals surface area contributed by atoms with Gasteiger partial charge in [0.2, 0.25) is 0 Å². The molecular formula is C10H16N2O3. The van der Waals surface area contributed by atoms with Crippen molar-refractivity contribution in [2.24, 2.45) is 5.92 Å². The largest absolute Gasteiger partial charge is 0.469 e. The van der Waals surface area contributed by atoms with Crippen LogP contribution in [0.5, 0.6) is 0 Å². The van der Waals surface area contributed by atoms with E-state index in [1.165, 1.54) is 7.11 Å². The highest BCUT2D eigenvalue weighted by Crippen LogP contribution is 2.22. The number of aliphatic hydroxyl groups excluding tert-OH is 1. The molecule has 0 aromatic carbocycles. The van der Waals surface area contributed by atoms with Gasteiger partial charge in [0.25, 0.3) is 0 Å². The van der Waals surface area contributed by atoms with Gasteiger partial charge < -0.3 is 14.4 Å². The number of ether oxygens (including phenoxy) is 1. The van der Waals surface area contributed by atoms with Crippen molar-refractivity contribution >= 4 is 5.97 Å². The Balaban J connectivity index is 2.84. The highest BCUT2D eigenvalue weighted by molar-refractivity contribution is 5.72. The number of aryl methyl sites for hydroxylation is 1. The topological polar surface area (TPSA) is 64.3 Å². The Morgan fingerprint density at radius 2 is 2.40 bits per heavy atom. The molecule has 0 spiro atoms. The number of nitrogens with zero attached hydrogens (tertiary/aromatic N) is 2. The maximum Gasteiger partial charge on any atom is 0.311 e. The Labute approximate surface area is 88.7 Å². The minimum absolute atomic E-state index is 0.425. The summed E-state index contributed by atoms with van der Waals surface area (Å²) in [6.45, 7) is 4.28. The molecule has 0 bridgehead atoms. The third-order valence-electron chi connectivity index (χ3n) is 2.43. The summed E-state index contributed by atoms with van der Waals surface area (Å²) >= 11 is 0. The Bertz CT molecular complexity index is 335. The molecule has 0 amide bonds. The monoisotopic (exact) mass is 212 g/mol. The zero-order valence-electron chi connectivity index (χ0n) is 9.17. The number of rotatable bonds is 4. The van der Waals surface area contributed by atoms with Crippen molar-refractivity contribution in [2.45, 2.75) is 26.5 Å². The minimum Gasteiger partial charge on any atom is -0.469 e. The third kappa shape index (κ3) is 2.36. The summed E-state index contributed by atoms with van der Waals surface area (Å²) in [4.78, 5) is 15.2. The van der Waals surface area contributed by atoms with Crippen LogP contribution in [0.2, 0.25) is 0 Å². The fourth-order valence-corrected chi connectivity index (χ4v) is 1.41. The van der Waals surface area contributed by atoms with Crippen LogP contribution in [0.3, 0.4) is 0 Å². The lowest BCUT2D eigenvalue weighted by Crippen LogP contribution is -2.22. The van der Waals surface area contributed by atoms with Crippen LogP contribution in [0.15, 0.2) is 12.5 Å². The minimum atomic E-state index is -0.875. The van der Waals surface area contributed by atoms with E-state index in [0.29, 0.717) is 12.2 Å². The van der Waals surface area contributed by atoms with E-state index in [-0.39, 0.29) is 0 Å².